The molecule has 2 nitrogen and oxygen atoms in total. The minimum Gasteiger partial charge on any atom is -0.224 e. The summed E-state index contributed by atoms with van der Waals surface area (Å²) in [5, 5.41) is 0.449. The van der Waals surface area contributed by atoms with Crippen LogP contribution in [0.15, 0.2) is 29.2 Å². The maximum atomic E-state index is 11.9. The molecule has 0 radical (unpaired) electrons. The molecule has 1 aromatic rings. The van der Waals surface area contributed by atoms with Crippen molar-refractivity contribution < 1.29 is 8.42 Å². The van der Waals surface area contributed by atoms with Crippen molar-refractivity contribution in [3.8, 4) is 0 Å². The number of benzene rings is 1. The predicted molar refractivity (Wildman–Crippen MR) is 63.0 cm³/mol. The summed E-state index contributed by atoms with van der Waals surface area (Å²) in [4.78, 5) is 0.296. The van der Waals surface area contributed by atoms with Crippen molar-refractivity contribution in [2.45, 2.75) is 25.7 Å². The number of hydrogen-bond donors (Lipinski definition) is 0. The number of sulfone groups is 1. The normalized spacial score (nSPS) is 12.8. The second kappa shape index (κ2) is 4.14. The van der Waals surface area contributed by atoms with Crippen molar-refractivity contribution in [2.24, 2.45) is 5.41 Å². The average molecular weight is 247 g/mol. The second-order valence-corrected chi connectivity index (χ2v) is 7.20. The van der Waals surface area contributed by atoms with Crippen molar-refractivity contribution in [3.05, 3.63) is 29.3 Å². The molecule has 0 N–H and O–H groups in total. The smallest absolute Gasteiger partial charge is 0.178 e. The summed E-state index contributed by atoms with van der Waals surface area (Å²) in [6, 6.07) is 6.38. The molecular weight excluding hydrogens is 232 g/mol. The predicted octanol–water partition coefficient (Wildman–Crippen LogP) is 3.16. The molecule has 0 saturated carbocycles. The van der Waals surface area contributed by atoms with Crippen molar-refractivity contribution in [1.82, 2.24) is 0 Å². The van der Waals surface area contributed by atoms with Crippen LogP contribution in [0, 0.1) is 5.41 Å². The van der Waals surface area contributed by atoms with E-state index in [4.69, 9.17) is 11.6 Å². The van der Waals surface area contributed by atoms with Crippen LogP contribution in [-0.2, 0) is 9.84 Å². The number of hydrogen-bond acceptors (Lipinski definition) is 2. The molecule has 1 rings (SSSR count). The van der Waals surface area contributed by atoms with Gasteiger partial charge in [-0.05, 0) is 23.6 Å². The summed E-state index contributed by atoms with van der Waals surface area (Å²) in [7, 11) is -3.22. The van der Waals surface area contributed by atoms with Gasteiger partial charge >= 0.3 is 0 Å². The highest BCUT2D eigenvalue weighted by molar-refractivity contribution is 7.91. The van der Waals surface area contributed by atoms with E-state index in [1.807, 2.05) is 20.8 Å². The first-order valence-corrected chi connectivity index (χ1v) is 6.72. The largest absolute Gasteiger partial charge is 0.224 e. The molecule has 0 aliphatic rings. The molecule has 0 heterocycles. The summed E-state index contributed by atoms with van der Waals surface area (Å²) in [6.07, 6.45) is 0. The van der Waals surface area contributed by atoms with Crippen LogP contribution in [0.4, 0.5) is 0 Å². The number of rotatable bonds is 2. The molecule has 0 saturated heterocycles. The lowest BCUT2D eigenvalue weighted by atomic mass is 10.0. The van der Waals surface area contributed by atoms with Gasteiger partial charge in [-0.25, -0.2) is 8.42 Å². The SMILES string of the molecule is CC(C)(C)CS(=O)(=O)c1cccc(Cl)c1. The quantitative estimate of drug-likeness (QED) is 0.803. The van der Waals surface area contributed by atoms with E-state index in [9.17, 15) is 8.42 Å². The van der Waals surface area contributed by atoms with Gasteiger partial charge in [0, 0.05) is 5.02 Å². The maximum absolute atomic E-state index is 11.9. The van der Waals surface area contributed by atoms with Gasteiger partial charge in [0.1, 0.15) is 0 Å². The van der Waals surface area contributed by atoms with Gasteiger partial charge in [-0.3, -0.25) is 0 Å². The molecule has 0 amide bonds. The lowest BCUT2D eigenvalue weighted by molar-refractivity contribution is 0.462. The molecule has 0 unspecified atom stereocenters. The summed E-state index contributed by atoms with van der Waals surface area (Å²) < 4.78 is 23.9. The Kier molecular flexibility index (Phi) is 3.46. The highest BCUT2D eigenvalue weighted by Crippen LogP contribution is 2.23. The van der Waals surface area contributed by atoms with Crippen LogP contribution in [-0.4, -0.2) is 14.2 Å². The van der Waals surface area contributed by atoms with Crippen molar-refractivity contribution in [3.63, 3.8) is 0 Å². The fourth-order valence-corrected chi connectivity index (χ4v) is 3.47. The molecule has 4 heteroatoms. The Balaban J connectivity index is 3.07. The van der Waals surface area contributed by atoms with Crippen molar-refractivity contribution in [2.75, 3.05) is 5.75 Å². The Labute approximate surface area is 96.2 Å². The Morgan fingerprint density at radius 1 is 1.27 bits per heavy atom. The van der Waals surface area contributed by atoms with Gasteiger partial charge in [-0.1, -0.05) is 38.4 Å². The first kappa shape index (κ1) is 12.5. The highest BCUT2D eigenvalue weighted by Gasteiger charge is 2.23. The van der Waals surface area contributed by atoms with Crippen molar-refractivity contribution >= 4 is 21.4 Å². The Bertz CT molecular complexity index is 444. The zero-order chi connectivity index (χ0) is 11.7. The van der Waals surface area contributed by atoms with Gasteiger partial charge in [-0.2, -0.15) is 0 Å². The molecule has 0 aliphatic heterocycles. The molecule has 1 aromatic carbocycles. The lowest BCUT2D eigenvalue weighted by Gasteiger charge is -2.17. The molecule has 0 atom stereocenters. The average Bonchev–Trinajstić information content (AvgIpc) is 1.99. The second-order valence-electron chi connectivity index (χ2n) is 4.78. The topological polar surface area (TPSA) is 34.1 Å². The van der Waals surface area contributed by atoms with E-state index in [1.165, 1.54) is 6.07 Å². The van der Waals surface area contributed by atoms with Crippen LogP contribution in [0.2, 0.25) is 5.02 Å². The fraction of sp³-hybridized carbons (Fsp3) is 0.455. The van der Waals surface area contributed by atoms with E-state index in [0.717, 1.165) is 0 Å². The third-order valence-electron chi connectivity index (χ3n) is 1.78. The van der Waals surface area contributed by atoms with Gasteiger partial charge in [-0.15, -0.1) is 0 Å². The van der Waals surface area contributed by atoms with Crippen LogP contribution in [0.25, 0.3) is 0 Å². The molecule has 0 aliphatic carbocycles. The summed E-state index contributed by atoms with van der Waals surface area (Å²) >= 11 is 5.76. The van der Waals surface area contributed by atoms with Crippen LogP contribution < -0.4 is 0 Å². The Morgan fingerprint density at radius 3 is 2.33 bits per heavy atom. The molecule has 0 bridgehead atoms. The first-order chi connectivity index (χ1) is 6.71. The standard InChI is InChI=1S/C11H15ClO2S/c1-11(2,3)8-15(13,14)10-6-4-5-9(12)7-10/h4-7H,8H2,1-3H3. The van der Waals surface area contributed by atoms with E-state index in [2.05, 4.69) is 0 Å². The number of halogens is 1. The molecule has 0 spiro atoms. The zero-order valence-electron chi connectivity index (χ0n) is 9.12. The van der Waals surface area contributed by atoms with Crippen LogP contribution in [0.3, 0.4) is 0 Å². The lowest BCUT2D eigenvalue weighted by Crippen LogP contribution is -2.20. The summed E-state index contributed by atoms with van der Waals surface area (Å²) in [5.74, 6) is 0.125. The Hall–Kier alpha value is -0.540. The summed E-state index contributed by atoms with van der Waals surface area (Å²) in [5.41, 5.74) is -0.249. The highest BCUT2D eigenvalue weighted by atomic mass is 35.5. The molecule has 0 fully saturated rings. The molecule has 15 heavy (non-hydrogen) atoms. The van der Waals surface area contributed by atoms with Gasteiger partial charge in [0.25, 0.3) is 0 Å². The van der Waals surface area contributed by atoms with Crippen molar-refractivity contribution in [1.29, 1.82) is 0 Å². The summed E-state index contributed by atoms with van der Waals surface area (Å²) in [6.45, 7) is 5.69. The van der Waals surface area contributed by atoms with Gasteiger partial charge in [0.15, 0.2) is 9.84 Å². The van der Waals surface area contributed by atoms with E-state index >= 15 is 0 Å². The van der Waals surface area contributed by atoms with Gasteiger partial charge in [0.05, 0.1) is 10.6 Å². The van der Waals surface area contributed by atoms with Gasteiger partial charge in [0.2, 0.25) is 0 Å². The maximum Gasteiger partial charge on any atom is 0.178 e. The third-order valence-corrected chi connectivity index (χ3v) is 4.23. The minimum absolute atomic E-state index is 0.125. The Morgan fingerprint density at radius 2 is 1.87 bits per heavy atom. The first-order valence-electron chi connectivity index (χ1n) is 4.69. The van der Waals surface area contributed by atoms with Crippen LogP contribution >= 0.6 is 11.6 Å². The van der Waals surface area contributed by atoms with Gasteiger partial charge < -0.3 is 0 Å². The molecular formula is C11H15ClO2S. The monoisotopic (exact) mass is 246 g/mol. The minimum atomic E-state index is -3.22. The van der Waals surface area contributed by atoms with E-state index in [-0.39, 0.29) is 11.2 Å². The third kappa shape index (κ3) is 3.84. The van der Waals surface area contributed by atoms with Crippen LogP contribution in [0.5, 0.6) is 0 Å². The zero-order valence-corrected chi connectivity index (χ0v) is 10.7. The van der Waals surface area contributed by atoms with E-state index < -0.39 is 9.84 Å². The van der Waals surface area contributed by atoms with E-state index in [1.54, 1.807) is 18.2 Å². The molecule has 0 aromatic heterocycles. The molecule has 84 valence electrons. The van der Waals surface area contributed by atoms with E-state index in [0.29, 0.717) is 9.92 Å². The fourth-order valence-electron chi connectivity index (χ4n) is 1.31. The van der Waals surface area contributed by atoms with Crippen LogP contribution in [0.1, 0.15) is 20.8 Å².